The van der Waals surface area contributed by atoms with E-state index < -0.39 is 35.5 Å². The maximum atomic E-state index is 12.2. The zero-order valence-corrected chi connectivity index (χ0v) is 16.6. The lowest BCUT2D eigenvalue weighted by molar-refractivity contribution is -0.160. The minimum atomic E-state index is -1.34. The van der Waals surface area contributed by atoms with Crippen molar-refractivity contribution in [3.8, 4) is 0 Å². The summed E-state index contributed by atoms with van der Waals surface area (Å²) in [6.45, 7) is 10.6. The lowest BCUT2D eigenvalue weighted by Gasteiger charge is -2.26. The number of aliphatic carboxylic acids is 1. The van der Waals surface area contributed by atoms with Gasteiger partial charge in [-0.25, -0.2) is 9.78 Å². The molecule has 0 spiro atoms. The number of anilines is 1. The summed E-state index contributed by atoms with van der Waals surface area (Å²) in [5, 5.41) is 12.0. The van der Waals surface area contributed by atoms with E-state index in [2.05, 4.69) is 10.3 Å². The lowest BCUT2D eigenvalue weighted by atomic mass is 9.79. The molecular weight excluding hydrogens is 352 g/mol. The number of hydrogen-bond donors (Lipinski definition) is 2. The molecule has 2 atom stereocenters. The van der Waals surface area contributed by atoms with E-state index in [0.717, 1.165) is 0 Å². The van der Waals surface area contributed by atoms with Crippen LogP contribution in [0.4, 0.5) is 10.6 Å². The normalized spacial score (nSPS) is 13.6. The van der Waals surface area contributed by atoms with Gasteiger partial charge in [-0.1, -0.05) is 19.9 Å². The monoisotopic (exact) mass is 380 g/mol. The molecule has 0 saturated carbocycles. The van der Waals surface area contributed by atoms with E-state index in [4.69, 9.17) is 9.47 Å². The quantitative estimate of drug-likeness (QED) is 0.550. The third-order valence-corrected chi connectivity index (χ3v) is 3.68. The predicted molar refractivity (Wildman–Crippen MR) is 99.4 cm³/mol. The van der Waals surface area contributed by atoms with Crippen molar-refractivity contribution >= 4 is 23.8 Å². The number of carboxylic acid groups (broad SMARTS) is 1. The van der Waals surface area contributed by atoms with E-state index in [1.165, 1.54) is 6.20 Å². The van der Waals surface area contributed by atoms with Crippen molar-refractivity contribution in [2.45, 2.75) is 53.1 Å². The van der Waals surface area contributed by atoms with Crippen LogP contribution in [0, 0.1) is 11.8 Å². The average Bonchev–Trinajstić information content (AvgIpc) is 2.51. The van der Waals surface area contributed by atoms with E-state index in [9.17, 15) is 19.5 Å². The molecule has 0 saturated heterocycles. The summed E-state index contributed by atoms with van der Waals surface area (Å²) in [6.07, 6.45) is 0.810. The molecule has 27 heavy (non-hydrogen) atoms. The van der Waals surface area contributed by atoms with Crippen molar-refractivity contribution in [3.05, 3.63) is 23.9 Å². The zero-order valence-electron chi connectivity index (χ0n) is 16.6. The van der Waals surface area contributed by atoms with Gasteiger partial charge in [0.2, 0.25) is 0 Å². The van der Waals surface area contributed by atoms with Crippen LogP contribution in [-0.4, -0.2) is 40.3 Å². The fourth-order valence-corrected chi connectivity index (χ4v) is 2.68. The molecule has 1 amide bonds. The Labute approximate surface area is 159 Å². The Morgan fingerprint density at radius 2 is 1.85 bits per heavy atom. The molecule has 8 nitrogen and oxygen atoms in total. The van der Waals surface area contributed by atoms with Crippen LogP contribution in [-0.2, 0) is 19.1 Å². The highest BCUT2D eigenvalue weighted by Crippen LogP contribution is 2.33. The highest BCUT2D eigenvalue weighted by atomic mass is 16.6. The summed E-state index contributed by atoms with van der Waals surface area (Å²) in [5.41, 5.74) is -0.0682. The molecule has 1 rings (SSSR count). The molecule has 0 aliphatic carbocycles. The summed E-state index contributed by atoms with van der Waals surface area (Å²) >= 11 is 0. The van der Waals surface area contributed by atoms with Crippen molar-refractivity contribution in [1.82, 2.24) is 4.98 Å². The molecule has 0 aromatic carbocycles. The van der Waals surface area contributed by atoms with Crippen molar-refractivity contribution < 1.29 is 29.0 Å². The molecular formula is C19H28N2O6. The van der Waals surface area contributed by atoms with Gasteiger partial charge in [0.15, 0.2) is 5.92 Å². The number of carbonyl (C=O) groups is 3. The van der Waals surface area contributed by atoms with Crippen LogP contribution < -0.4 is 5.32 Å². The number of pyridine rings is 1. The van der Waals surface area contributed by atoms with Crippen LogP contribution in [0.15, 0.2) is 18.3 Å². The summed E-state index contributed by atoms with van der Waals surface area (Å²) < 4.78 is 10.1. The van der Waals surface area contributed by atoms with Crippen molar-refractivity contribution in [1.29, 1.82) is 0 Å². The summed E-state index contributed by atoms with van der Waals surface area (Å²) in [4.78, 5) is 39.8. The molecule has 2 unspecified atom stereocenters. The Hall–Kier alpha value is -2.64. The second-order valence-electron chi connectivity index (χ2n) is 7.44. The van der Waals surface area contributed by atoms with Gasteiger partial charge in [-0.05, 0) is 45.2 Å². The number of aromatic nitrogens is 1. The Balaban J connectivity index is 3.04. The molecule has 150 valence electrons. The molecule has 8 heteroatoms. The molecule has 0 aliphatic rings. The van der Waals surface area contributed by atoms with Gasteiger partial charge in [-0.2, -0.15) is 0 Å². The first-order chi connectivity index (χ1) is 12.5. The lowest BCUT2D eigenvalue weighted by Crippen LogP contribution is -2.34. The number of rotatable bonds is 7. The number of amides is 1. The molecule has 1 aromatic heterocycles. The van der Waals surface area contributed by atoms with E-state index in [1.54, 1.807) is 39.8 Å². The Morgan fingerprint density at radius 3 is 2.26 bits per heavy atom. The number of esters is 1. The molecule has 0 bridgehead atoms. The van der Waals surface area contributed by atoms with Gasteiger partial charge in [-0.3, -0.25) is 14.9 Å². The van der Waals surface area contributed by atoms with Crippen molar-refractivity contribution in [2.75, 3.05) is 11.9 Å². The topological polar surface area (TPSA) is 115 Å². The summed E-state index contributed by atoms with van der Waals surface area (Å²) in [6, 6.07) is 3.18. The summed E-state index contributed by atoms with van der Waals surface area (Å²) in [7, 11) is 0. The molecule has 1 aromatic rings. The van der Waals surface area contributed by atoms with E-state index in [1.807, 2.05) is 13.8 Å². The molecule has 0 aliphatic heterocycles. The standard InChI is InChI=1S/C19H28N2O6/c1-7-26-17(24)15(16(22)23)14(11(2)3)12-8-9-13(20-10-12)21-18(25)27-19(4,5)6/h8-11,14-15H,7H2,1-6H3,(H,22,23)(H,20,21,25). The van der Waals surface area contributed by atoms with E-state index in [0.29, 0.717) is 5.56 Å². The van der Waals surface area contributed by atoms with Gasteiger partial charge < -0.3 is 14.6 Å². The van der Waals surface area contributed by atoms with Crippen LogP contribution >= 0.6 is 0 Å². The number of carbonyl (C=O) groups excluding carboxylic acids is 2. The van der Waals surface area contributed by atoms with Crippen LogP contribution in [0.3, 0.4) is 0 Å². The van der Waals surface area contributed by atoms with Gasteiger partial charge in [0.05, 0.1) is 6.61 Å². The highest BCUT2D eigenvalue weighted by molar-refractivity contribution is 5.95. The first kappa shape index (κ1) is 22.4. The summed E-state index contributed by atoms with van der Waals surface area (Å²) in [5.74, 6) is -3.87. The van der Waals surface area contributed by atoms with Gasteiger partial charge in [0.25, 0.3) is 0 Å². The number of hydrogen-bond acceptors (Lipinski definition) is 6. The van der Waals surface area contributed by atoms with Gasteiger partial charge in [0.1, 0.15) is 11.4 Å². The second-order valence-corrected chi connectivity index (χ2v) is 7.44. The Kier molecular flexibility index (Phi) is 7.75. The molecule has 0 fully saturated rings. The first-order valence-corrected chi connectivity index (χ1v) is 8.81. The second kappa shape index (κ2) is 9.34. The fraction of sp³-hybridized carbons (Fsp3) is 0.579. The molecule has 2 N–H and O–H groups in total. The SMILES string of the molecule is CCOC(=O)C(C(=O)O)C(c1ccc(NC(=O)OC(C)(C)C)nc1)C(C)C. The van der Waals surface area contributed by atoms with Gasteiger partial charge >= 0.3 is 18.0 Å². The highest BCUT2D eigenvalue weighted by Gasteiger charge is 2.39. The zero-order chi connectivity index (χ0) is 20.8. The Morgan fingerprint density at radius 1 is 1.22 bits per heavy atom. The smallest absolute Gasteiger partial charge is 0.413 e. The van der Waals surface area contributed by atoms with Gasteiger partial charge in [0, 0.05) is 12.1 Å². The van der Waals surface area contributed by atoms with Gasteiger partial charge in [-0.15, -0.1) is 0 Å². The third-order valence-electron chi connectivity index (χ3n) is 3.68. The molecule has 1 heterocycles. The maximum absolute atomic E-state index is 12.2. The average molecular weight is 380 g/mol. The van der Waals surface area contributed by atoms with Crippen molar-refractivity contribution in [2.24, 2.45) is 11.8 Å². The number of nitrogens with zero attached hydrogens (tertiary/aromatic N) is 1. The maximum Gasteiger partial charge on any atom is 0.413 e. The number of nitrogens with one attached hydrogen (secondary N) is 1. The third kappa shape index (κ3) is 6.88. The van der Waals surface area contributed by atoms with E-state index >= 15 is 0 Å². The molecule has 0 radical (unpaired) electrons. The Bertz CT molecular complexity index is 664. The fourth-order valence-electron chi connectivity index (χ4n) is 2.68. The van der Waals surface area contributed by atoms with Crippen LogP contribution in [0.2, 0.25) is 0 Å². The van der Waals surface area contributed by atoms with Crippen LogP contribution in [0.1, 0.15) is 53.0 Å². The van der Waals surface area contributed by atoms with Crippen molar-refractivity contribution in [3.63, 3.8) is 0 Å². The minimum Gasteiger partial charge on any atom is -0.481 e. The van der Waals surface area contributed by atoms with E-state index in [-0.39, 0.29) is 18.3 Å². The first-order valence-electron chi connectivity index (χ1n) is 8.81. The minimum absolute atomic E-state index is 0.102. The predicted octanol–water partition coefficient (Wildman–Crippen LogP) is 3.43. The van der Waals surface area contributed by atoms with Crippen LogP contribution in [0.25, 0.3) is 0 Å². The number of ether oxygens (including phenoxy) is 2. The number of carboxylic acids is 1. The largest absolute Gasteiger partial charge is 0.481 e. The van der Waals surface area contributed by atoms with Crippen LogP contribution in [0.5, 0.6) is 0 Å².